The fourth-order valence-electron chi connectivity index (χ4n) is 4.13. The van der Waals surface area contributed by atoms with Crippen molar-refractivity contribution in [1.82, 2.24) is 0 Å². The van der Waals surface area contributed by atoms with Crippen molar-refractivity contribution < 1.29 is 27.8 Å². The smallest absolute Gasteiger partial charge is 0.341 e. The van der Waals surface area contributed by atoms with Gasteiger partial charge in [0.15, 0.2) is 6.61 Å². The topological polar surface area (TPSA) is 105 Å². The minimum absolute atomic E-state index is 0.217. The second-order valence-corrected chi connectivity index (χ2v) is 12.4. The Morgan fingerprint density at radius 1 is 0.951 bits per heavy atom. The van der Waals surface area contributed by atoms with E-state index in [9.17, 15) is 13.2 Å². The van der Waals surface area contributed by atoms with Crippen LogP contribution in [-0.2, 0) is 27.9 Å². The fraction of sp³-hybridized carbons (Fsp3) is 0.167. The molecule has 2 N–H and O–H groups in total. The molecule has 0 heterocycles. The second kappa shape index (κ2) is 13.3. The van der Waals surface area contributed by atoms with E-state index < -0.39 is 22.6 Å². The van der Waals surface area contributed by atoms with Gasteiger partial charge in [0.25, 0.3) is 0 Å². The highest BCUT2D eigenvalue weighted by molar-refractivity contribution is 9.10. The molecule has 4 aromatic rings. The van der Waals surface area contributed by atoms with Crippen LogP contribution in [0, 0.1) is 6.92 Å². The molecule has 4 rings (SSSR count). The van der Waals surface area contributed by atoms with Crippen LogP contribution in [0.4, 0.5) is 11.4 Å². The van der Waals surface area contributed by atoms with E-state index in [4.69, 9.17) is 26.2 Å². The molecule has 0 radical (unpaired) electrons. The summed E-state index contributed by atoms with van der Waals surface area (Å²) in [4.78, 5) is 13.0. The van der Waals surface area contributed by atoms with Crippen LogP contribution in [0.15, 0.2) is 89.4 Å². The largest absolute Gasteiger partial charge is 0.480 e. The molecule has 0 saturated carbocycles. The summed E-state index contributed by atoms with van der Waals surface area (Å²) >= 11 is 9.59. The molecular weight excluding hydrogens is 632 g/mol. The number of nitrogens with zero attached hydrogens (tertiary/aromatic N) is 1. The number of carboxylic acids is 1. The minimum Gasteiger partial charge on any atom is -0.480 e. The zero-order valence-corrected chi connectivity index (χ0v) is 25.5. The summed E-state index contributed by atoms with van der Waals surface area (Å²) in [6.07, 6.45) is 1.14. The molecule has 0 fully saturated rings. The Kier molecular flexibility index (Phi) is 9.80. The summed E-state index contributed by atoms with van der Waals surface area (Å²) in [5.74, 6) is 0.140. The predicted octanol–water partition coefficient (Wildman–Crippen LogP) is 7.24. The molecule has 0 aromatic heterocycles. The molecule has 0 aliphatic rings. The van der Waals surface area contributed by atoms with Gasteiger partial charge in [0, 0.05) is 29.3 Å². The van der Waals surface area contributed by atoms with Gasteiger partial charge in [0.2, 0.25) is 10.0 Å². The lowest BCUT2D eigenvalue weighted by Crippen LogP contribution is -2.23. The Morgan fingerprint density at radius 3 is 2.17 bits per heavy atom. The highest BCUT2D eigenvalue weighted by Crippen LogP contribution is 2.33. The van der Waals surface area contributed by atoms with E-state index >= 15 is 0 Å². The molecular formula is C30H28BrClN2O6S. The number of aliphatic carboxylic acids is 1. The molecule has 0 atom stereocenters. The van der Waals surface area contributed by atoms with Gasteiger partial charge in [-0.15, -0.1) is 0 Å². The van der Waals surface area contributed by atoms with Crippen molar-refractivity contribution in [1.29, 1.82) is 0 Å². The van der Waals surface area contributed by atoms with Crippen LogP contribution >= 0.6 is 27.5 Å². The Hall–Kier alpha value is -3.73. The summed E-state index contributed by atoms with van der Waals surface area (Å²) in [5.41, 5.74) is 4.36. The van der Waals surface area contributed by atoms with Crippen LogP contribution in [0.1, 0.15) is 16.7 Å². The molecule has 0 spiro atoms. The van der Waals surface area contributed by atoms with Crippen molar-refractivity contribution >= 4 is 54.9 Å². The number of halogens is 2. The van der Waals surface area contributed by atoms with Crippen LogP contribution in [-0.4, -0.2) is 32.4 Å². The van der Waals surface area contributed by atoms with E-state index in [0.717, 1.165) is 33.1 Å². The van der Waals surface area contributed by atoms with Gasteiger partial charge in [-0.3, -0.25) is 4.72 Å². The average molecular weight is 660 g/mol. The predicted molar refractivity (Wildman–Crippen MR) is 165 cm³/mol. The number of hydrogen-bond donors (Lipinski definition) is 2. The van der Waals surface area contributed by atoms with E-state index in [1.54, 1.807) is 24.3 Å². The van der Waals surface area contributed by atoms with Crippen LogP contribution in [0.3, 0.4) is 0 Å². The standard InChI is InChI=1S/C30H28BrClN2O6S/c1-20-27(33-41(2,37)38)4-3-5-28(20)34(17-21-6-10-23(31)11-7-21)18-22-8-12-24(13-9-22)40-25-14-15-26(32)29(16-25)39-19-30(35)36/h3-16,33H,17-19H2,1-2H3,(H,35,36). The maximum atomic E-state index is 11.9. The highest BCUT2D eigenvalue weighted by Gasteiger charge is 2.16. The Balaban J connectivity index is 1.56. The molecule has 0 amide bonds. The summed E-state index contributed by atoms with van der Waals surface area (Å²) in [5, 5.41) is 9.15. The zero-order valence-electron chi connectivity index (χ0n) is 22.3. The Labute approximate surface area is 252 Å². The number of benzene rings is 4. The lowest BCUT2D eigenvalue weighted by molar-refractivity contribution is -0.139. The third-order valence-corrected chi connectivity index (χ3v) is 7.45. The van der Waals surface area contributed by atoms with Crippen molar-refractivity contribution in [2.45, 2.75) is 20.0 Å². The first-order chi connectivity index (χ1) is 19.5. The number of rotatable bonds is 12. The van der Waals surface area contributed by atoms with Crippen molar-refractivity contribution in [3.63, 3.8) is 0 Å². The molecule has 0 aliphatic carbocycles. The van der Waals surface area contributed by atoms with Crippen LogP contribution < -0.4 is 19.1 Å². The van der Waals surface area contributed by atoms with Gasteiger partial charge in [0.05, 0.1) is 17.0 Å². The zero-order chi connectivity index (χ0) is 29.6. The normalized spacial score (nSPS) is 11.1. The lowest BCUT2D eigenvalue weighted by atomic mass is 10.1. The van der Waals surface area contributed by atoms with Gasteiger partial charge >= 0.3 is 5.97 Å². The molecule has 0 aliphatic heterocycles. The minimum atomic E-state index is -3.44. The molecule has 0 saturated heterocycles. The molecule has 41 heavy (non-hydrogen) atoms. The number of sulfonamides is 1. The molecule has 8 nitrogen and oxygen atoms in total. The van der Waals surface area contributed by atoms with Crippen molar-refractivity contribution in [2.75, 3.05) is 22.5 Å². The first kappa shape index (κ1) is 30.2. The summed E-state index contributed by atoms with van der Waals surface area (Å²) in [6.45, 7) is 2.53. The first-order valence-corrected chi connectivity index (χ1v) is 15.5. The third kappa shape index (κ3) is 8.88. The van der Waals surface area contributed by atoms with Crippen LogP contribution in [0.25, 0.3) is 0 Å². The molecule has 0 unspecified atom stereocenters. The van der Waals surface area contributed by atoms with E-state index in [0.29, 0.717) is 30.3 Å². The van der Waals surface area contributed by atoms with E-state index in [1.807, 2.05) is 67.6 Å². The van der Waals surface area contributed by atoms with Crippen molar-refractivity contribution in [3.8, 4) is 17.2 Å². The number of carbonyl (C=O) groups is 1. The molecule has 0 bridgehead atoms. The van der Waals surface area contributed by atoms with E-state index in [1.165, 1.54) is 0 Å². The maximum absolute atomic E-state index is 11.9. The number of anilines is 2. The SMILES string of the molecule is Cc1c(NS(C)(=O)=O)cccc1N(Cc1ccc(Br)cc1)Cc1ccc(Oc2ccc(Cl)c(OCC(=O)O)c2)cc1. The van der Waals surface area contributed by atoms with Gasteiger partial charge in [-0.25, -0.2) is 13.2 Å². The quantitative estimate of drug-likeness (QED) is 0.165. The van der Waals surface area contributed by atoms with Gasteiger partial charge < -0.3 is 19.5 Å². The van der Waals surface area contributed by atoms with Gasteiger partial charge in [-0.2, -0.15) is 0 Å². The maximum Gasteiger partial charge on any atom is 0.341 e. The summed E-state index contributed by atoms with van der Waals surface area (Å²) in [7, 11) is -3.44. The van der Waals surface area contributed by atoms with E-state index in [-0.39, 0.29) is 10.8 Å². The molecule has 214 valence electrons. The van der Waals surface area contributed by atoms with Gasteiger partial charge in [-0.1, -0.05) is 57.9 Å². The Bertz CT molecular complexity index is 1630. The number of carboxylic acid groups (broad SMARTS) is 1. The van der Waals surface area contributed by atoms with E-state index in [2.05, 4.69) is 25.6 Å². The third-order valence-electron chi connectivity index (χ3n) is 6.01. The summed E-state index contributed by atoms with van der Waals surface area (Å²) < 4.78 is 38.6. The molecule has 4 aromatic carbocycles. The molecule has 11 heteroatoms. The Morgan fingerprint density at radius 2 is 1.56 bits per heavy atom. The number of hydrogen-bond acceptors (Lipinski definition) is 6. The van der Waals surface area contributed by atoms with Crippen LogP contribution in [0.2, 0.25) is 5.02 Å². The first-order valence-electron chi connectivity index (χ1n) is 12.4. The summed E-state index contributed by atoms with van der Waals surface area (Å²) in [6, 6.07) is 26.0. The number of nitrogens with one attached hydrogen (secondary N) is 1. The monoisotopic (exact) mass is 658 g/mol. The average Bonchev–Trinajstić information content (AvgIpc) is 2.91. The van der Waals surface area contributed by atoms with Gasteiger partial charge in [0.1, 0.15) is 17.2 Å². The van der Waals surface area contributed by atoms with Crippen molar-refractivity contribution in [2.24, 2.45) is 0 Å². The van der Waals surface area contributed by atoms with Gasteiger partial charge in [-0.05, 0) is 72.1 Å². The fourth-order valence-corrected chi connectivity index (χ4v) is 5.19. The lowest BCUT2D eigenvalue weighted by Gasteiger charge is -2.28. The van der Waals surface area contributed by atoms with Crippen LogP contribution in [0.5, 0.6) is 17.2 Å². The highest BCUT2D eigenvalue weighted by atomic mass is 79.9. The number of ether oxygens (including phenoxy) is 2. The second-order valence-electron chi connectivity index (χ2n) is 9.33. The van der Waals surface area contributed by atoms with Crippen molar-refractivity contribution in [3.05, 3.63) is 111 Å².